The van der Waals surface area contributed by atoms with Crippen LogP contribution in [0.2, 0.25) is 12.1 Å². The summed E-state index contributed by atoms with van der Waals surface area (Å²) in [5, 5.41) is 6.80. The third kappa shape index (κ3) is 3.65. The molecule has 33 heavy (non-hydrogen) atoms. The van der Waals surface area contributed by atoms with E-state index < -0.39 is 8.80 Å². The summed E-state index contributed by atoms with van der Waals surface area (Å²) in [5.74, 6) is 0. The Morgan fingerprint density at radius 3 is 2.06 bits per heavy atom. The van der Waals surface area contributed by atoms with Crippen molar-refractivity contribution < 1.29 is 0 Å². The Morgan fingerprint density at radius 2 is 1.24 bits per heavy atom. The number of rotatable bonds is 4. The predicted molar refractivity (Wildman–Crippen MR) is 145 cm³/mol. The van der Waals surface area contributed by atoms with Gasteiger partial charge in [-0.15, -0.1) is 0 Å². The van der Waals surface area contributed by atoms with Gasteiger partial charge in [0.25, 0.3) is 0 Å². The van der Waals surface area contributed by atoms with Crippen molar-refractivity contribution in [2.24, 2.45) is 0 Å². The monoisotopic (exact) mass is 442 g/mol. The molecule has 161 valence electrons. The summed E-state index contributed by atoms with van der Waals surface area (Å²) in [5.41, 5.74) is 5.17. The van der Waals surface area contributed by atoms with Crippen molar-refractivity contribution in [2.45, 2.75) is 31.9 Å². The minimum absolute atomic E-state index is 0.509. The molecule has 1 aliphatic rings. The van der Waals surface area contributed by atoms with Gasteiger partial charge in [-0.1, -0.05) is 104 Å². The smallest absolute Gasteiger partial charge is 0.0884 e. The van der Waals surface area contributed by atoms with E-state index >= 15 is 0 Å². The summed E-state index contributed by atoms with van der Waals surface area (Å²) < 4.78 is 0. The fourth-order valence-corrected chi connectivity index (χ4v) is 8.42. The number of fused-ring (bicyclic) bond motifs is 3. The second-order valence-corrected chi connectivity index (χ2v) is 11.9. The van der Waals surface area contributed by atoms with Crippen LogP contribution in [0.1, 0.15) is 18.4 Å². The third-order valence-corrected chi connectivity index (χ3v) is 10.2. The molecule has 1 radical (unpaired) electrons. The van der Waals surface area contributed by atoms with Crippen LogP contribution in [0.5, 0.6) is 0 Å². The zero-order chi connectivity index (χ0) is 22.2. The average molecular weight is 443 g/mol. The molecule has 1 fully saturated rings. The zero-order valence-electron chi connectivity index (χ0n) is 19.1. The van der Waals surface area contributed by atoms with E-state index in [1.807, 2.05) is 0 Å². The minimum Gasteiger partial charge on any atom is -0.310 e. The van der Waals surface area contributed by atoms with Gasteiger partial charge >= 0.3 is 0 Å². The van der Waals surface area contributed by atoms with Crippen molar-refractivity contribution in [1.29, 1.82) is 0 Å². The van der Waals surface area contributed by atoms with Crippen molar-refractivity contribution in [3.8, 4) is 0 Å². The molecule has 0 aliphatic carbocycles. The average Bonchev–Trinajstić information content (AvgIpc) is 3.40. The molecule has 0 saturated carbocycles. The largest absolute Gasteiger partial charge is 0.310 e. The van der Waals surface area contributed by atoms with Crippen molar-refractivity contribution >= 4 is 52.6 Å². The highest BCUT2D eigenvalue weighted by Gasteiger charge is 2.25. The first kappa shape index (κ1) is 20.3. The molecular formula is C31H28NSi. The van der Waals surface area contributed by atoms with Crippen LogP contribution < -0.4 is 10.1 Å². The van der Waals surface area contributed by atoms with E-state index in [1.54, 1.807) is 5.19 Å². The van der Waals surface area contributed by atoms with Crippen LogP contribution >= 0.6 is 0 Å². The Bertz CT molecular complexity index is 1450. The Morgan fingerprint density at radius 1 is 0.606 bits per heavy atom. The summed E-state index contributed by atoms with van der Waals surface area (Å²) >= 11 is 0. The first-order valence-electron chi connectivity index (χ1n) is 12.0. The molecule has 0 bridgehead atoms. The molecule has 0 N–H and O–H groups in total. The highest BCUT2D eigenvalue weighted by atomic mass is 28.3. The highest BCUT2D eigenvalue weighted by Crippen LogP contribution is 2.39. The van der Waals surface area contributed by atoms with E-state index in [-0.39, 0.29) is 0 Å². The third-order valence-electron chi connectivity index (χ3n) is 7.08. The second kappa shape index (κ2) is 8.53. The molecular weight excluding hydrogens is 414 g/mol. The van der Waals surface area contributed by atoms with Gasteiger partial charge in [-0.3, -0.25) is 0 Å². The molecule has 0 atom stereocenters. The molecule has 5 aromatic rings. The van der Waals surface area contributed by atoms with E-state index in [2.05, 4.69) is 115 Å². The van der Waals surface area contributed by atoms with Crippen molar-refractivity contribution in [3.05, 3.63) is 109 Å². The summed E-state index contributed by atoms with van der Waals surface area (Å²) in [6.45, 7) is 2.23. The molecule has 1 nitrogen and oxygen atoms in total. The number of aryl methyl sites for hydroxylation is 1. The van der Waals surface area contributed by atoms with Crippen molar-refractivity contribution in [3.63, 3.8) is 0 Å². The molecule has 2 heteroatoms. The van der Waals surface area contributed by atoms with Gasteiger partial charge in [0.15, 0.2) is 0 Å². The molecule has 6 rings (SSSR count). The summed E-state index contributed by atoms with van der Waals surface area (Å²) in [4.78, 5) is 2.52. The van der Waals surface area contributed by atoms with Gasteiger partial charge in [0.2, 0.25) is 0 Å². The van der Waals surface area contributed by atoms with Crippen LogP contribution in [-0.4, -0.2) is 8.80 Å². The minimum atomic E-state index is -0.509. The van der Waals surface area contributed by atoms with E-state index in [9.17, 15) is 0 Å². The van der Waals surface area contributed by atoms with Crippen LogP contribution in [-0.2, 0) is 0 Å². The van der Waals surface area contributed by atoms with Gasteiger partial charge in [-0.25, -0.2) is 0 Å². The number of para-hydroxylation sites is 2. The van der Waals surface area contributed by atoms with E-state index in [0.29, 0.717) is 0 Å². The molecule has 0 spiro atoms. The molecule has 0 unspecified atom stereocenters. The van der Waals surface area contributed by atoms with E-state index in [0.717, 1.165) is 0 Å². The van der Waals surface area contributed by atoms with Crippen molar-refractivity contribution in [2.75, 3.05) is 4.90 Å². The SMILES string of the molecule is Cc1ccccc1N(c1ccc2ccc3ccccc3c2c1)c1ccccc1[Si]1CCCC1. The second-order valence-electron chi connectivity index (χ2n) is 9.14. The van der Waals surface area contributed by atoms with Gasteiger partial charge in [-0.2, -0.15) is 0 Å². The molecule has 1 saturated heterocycles. The number of benzene rings is 5. The zero-order valence-corrected chi connectivity index (χ0v) is 20.1. The van der Waals surface area contributed by atoms with Gasteiger partial charge in [0.05, 0.1) is 8.80 Å². The maximum absolute atomic E-state index is 2.52. The van der Waals surface area contributed by atoms with Gasteiger partial charge in [0.1, 0.15) is 0 Å². The quantitative estimate of drug-likeness (QED) is 0.200. The number of hydrogen-bond acceptors (Lipinski definition) is 1. The van der Waals surface area contributed by atoms with Crippen LogP contribution in [0.25, 0.3) is 21.5 Å². The maximum Gasteiger partial charge on any atom is 0.0884 e. The standard InChI is InChI=1S/C31H28NSi/c1-23-10-2-5-13-29(23)32(30-14-6-7-15-31(30)33-20-8-9-21-33)26-19-18-25-17-16-24-11-3-4-12-27(24)28(25)22-26/h2-7,10-19,22H,8-9,20-21H2,1H3. The van der Waals surface area contributed by atoms with Gasteiger partial charge in [-0.05, 0) is 63.5 Å². The lowest BCUT2D eigenvalue weighted by Gasteiger charge is -2.30. The topological polar surface area (TPSA) is 3.24 Å². The molecule has 1 heterocycles. The molecule has 1 aliphatic heterocycles. The van der Waals surface area contributed by atoms with Crippen LogP contribution in [0.15, 0.2) is 103 Å². The Labute approximate surface area is 197 Å². The lowest BCUT2D eigenvalue weighted by atomic mass is 10.0. The van der Waals surface area contributed by atoms with Crippen LogP contribution in [0, 0.1) is 6.92 Å². The summed E-state index contributed by atoms with van der Waals surface area (Å²) in [6, 6.07) is 41.0. The Kier molecular flexibility index (Phi) is 5.24. The van der Waals surface area contributed by atoms with E-state index in [1.165, 1.54) is 69.1 Å². The first-order valence-corrected chi connectivity index (χ1v) is 13.9. The number of nitrogens with zero attached hydrogens (tertiary/aromatic N) is 1. The fraction of sp³-hybridized carbons (Fsp3) is 0.161. The summed E-state index contributed by atoms with van der Waals surface area (Å²) in [6.07, 6.45) is 2.77. The highest BCUT2D eigenvalue weighted by molar-refractivity contribution is 6.75. The number of anilines is 3. The molecule has 5 aromatic carbocycles. The lowest BCUT2D eigenvalue weighted by molar-refractivity contribution is 0.935. The Balaban J connectivity index is 1.61. The van der Waals surface area contributed by atoms with Crippen LogP contribution in [0.4, 0.5) is 17.1 Å². The maximum atomic E-state index is 2.52. The summed E-state index contributed by atoms with van der Waals surface area (Å²) in [7, 11) is -0.509. The van der Waals surface area contributed by atoms with Gasteiger partial charge in [0, 0.05) is 17.1 Å². The molecule has 0 aromatic heterocycles. The van der Waals surface area contributed by atoms with Crippen LogP contribution in [0.3, 0.4) is 0 Å². The van der Waals surface area contributed by atoms with Crippen molar-refractivity contribution in [1.82, 2.24) is 0 Å². The van der Waals surface area contributed by atoms with Gasteiger partial charge < -0.3 is 4.90 Å². The van der Waals surface area contributed by atoms with E-state index in [4.69, 9.17) is 0 Å². The normalized spacial score (nSPS) is 14.2. The molecule has 0 amide bonds. The Hall–Kier alpha value is -3.36. The predicted octanol–water partition coefficient (Wildman–Crippen LogP) is 8.27. The lowest BCUT2D eigenvalue weighted by Crippen LogP contribution is -2.31. The number of hydrogen-bond donors (Lipinski definition) is 0. The first-order chi connectivity index (χ1) is 16.3. The fourth-order valence-electron chi connectivity index (χ4n) is 5.39.